The van der Waals surface area contributed by atoms with E-state index < -0.39 is 0 Å². The molecule has 0 radical (unpaired) electrons. The SMILES string of the molecule is C/C=C\C=C1/C(C)C(C2=CC(C)=CCNC2)=CC2CC12. The van der Waals surface area contributed by atoms with Crippen LogP contribution < -0.4 is 5.32 Å². The van der Waals surface area contributed by atoms with E-state index >= 15 is 0 Å². The molecular weight excluding hydrogens is 242 g/mol. The molecule has 3 rings (SSSR count). The van der Waals surface area contributed by atoms with Gasteiger partial charge in [0.2, 0.25) is 0 Å². The molecule has 20 heavy (non-hydrogen) atoms. The summed E-state index contributed by atoms with van der Waals surface area (Å²) in [4.78, 5) is 0. The Morgan fingerprint density at radius 2 is 2.20 bits per heavy atom. The van der Waals surface area contributed by atoms with Gasteiger partial charge in [-0.1, -0.05) is 54.5 Å². The molecule has 1 nitrogen and oxygen atoms in total. The molecule has 1 aliphatic heterocycles. The van der Waals surface area contributed by atoms with E-state index in [1.54, 1.807) is 11.1 Å². The van der Waals surface area contributed by atoms with Crippen molar-refractivity contribution in [3.05, 3.63) is 58.7 Å². The van der Waals surface area contributed by atoms with Crippen molar-refractivity contribution >= 4 is 0 Å². The summed E-state index contributed by atoms with van der Waals surface area (Å²) in [5.41, 5.74) is 6.06. The molecule has 1 saturated carbocycles. The molecule has 0 aromatic heterocycles. The molecule has 0 spiro atoms. The maximum Gasteiger partial charge on any atom is 0.0211 e. The largest absolute Gasteiger partial charge is 0.309 e. The van der Waals surface area contributed by atoms with Gasteiger partial charge in [-0.05, 0) is 43.3 Å². The van der Waals surface area contributed by atoms with Gasteiger partial charge in [-0.2, -0.15) is 0 Å². The highest BCUT2D eigenvalue weighted by Crippen LogP contribution is 2.54. The number of hydrogen-bond donors (Lipinski definition) is 1. The van der Waals surface area contributed by atoms with Crippen LogP contribution >= 0.6 is 0 Å². The van der Waals surface area contributed by atoms with E-state index in [0.29, 0.717) is 5.92 Å². The van der Waals surface area contributed by atoms with Crippen LogP contribution in [0.3, 0.4) is 0 Å². The van der Waals surface area contributed by atoms with Crippen LogP contribution in [0.25, 0.3) is 0 Å². The summed E-state index contributed by atoms with van der Waals surface area (Å²) in [5, 5.41) is 3.51. The topological polar surface area (TPSA) is 12.0 Å². The van der Waals surface area contributed by atoms with E-state index in [9.17, 15) is 0 Å². The first-order valence-electron chi connectivity index (χ1n) is 7.83. The zero-order valence-electron chi connectivity index (χ0n) is 12.8. The zero-order valence-corrected chi connectivity index (χ0v) is 12.8. The lowest BCUT2D eigenvalue weighted by atomic mass is 9.80. The first-order chi connectivity index (χ1) is 9.70. The van der Waals surface area contributed by atoms with Gasteiger partial charge in [-0.3, -0.25) is 0 Å². The molecule has 1 fully saturated rings. The van der Waals surface area contributed by atoms with Crippen molar-refractivity contribution in [3.63, 3.8) is 0 Å². The minimum Gasteiger partial charge on any atom is -0.309 e. The van der Waals surface area contributed by atoms with Crippen LogP contribution in [0, 0.1) is 17.8 Å². The van der Waals surface area contributed by atoms with Crippen molar-refractivity contribution in [1.82, 2.24) is 5.32 Å². The number of fused-ring (bicyclic) bond motifs is 1. The smallest absolute Gasteiger partial charge is 0.0211 e. The number of nitrogens with one attached hydrogen (secondary N) is 1. The Morgan fingerprint density at radius 1 is 1.35 bits per heavy atom. The predicted molar refractivity (Wildman–Crippen MR) is 86.5 cm³/mol. The lowest BCUT2D eigenvalue weighted by Gasteiger charge is -2.26. The quantitative estimate of drug-likeness (QED) is 0.791. The Morgan fingerprint density at radius 3 is 3.00 bits per heavy atom. The van der Waals surface area contributed by atoms with Gasteiger partial charge in [-0.15, -0.1) is 0 Å². The van der Waals surface area contributed by atoms with Gasteiger partial charge in [0.1, 0.15) is 0 Å². The molecule has 0 aromatic carbocycles. The van der Waals surface area contributed by atoms with Crippen molar-refractivity contribution in [3.8, 4) is 0 Å². The Labute approximate surface area is 122 Å². The lowest BCUT2D eigenvalue weighted by Crippen LogP contribution is -2.20. The molecule has 2 aliphatic carbocycles. The standard InChI is InChI=1S/C19H25N/c1-4-5-6-17-14(3)18(10-15-11-19(15)17)16-9-13(2)7-8-20-12-16/h4-7,9-10,14-15,19-20H,8,11-12H2,1-3H3/b5-4-,17-6+. The van der Waals surface area contributed by atoms with Crippen LogP contribution in [0.1, 0.15) is 27.2 Å². The molecule has 3 aliphatic rings. The van der Waals surface area contributed by atoms with Crippen LogP contribution in [0.2, 0.25) is 0 Å². The van der Waals surface area contributed by atoms with Crippen molar-refractivity contribution < 1.29 is 0 Å². The van der Waals surface area contributed by atoms with Crippen LogP contribution in [-0.4, -0.2) is 13.1 Å². The zero-order chi connectivity index (χ0) is 14.1. The van der Waals surface area contributed by atoms with Crippen molar-refractivity contribution in [1.29, 1.82) is 0 Å². The molecule has 106 valence electrons. The average molecular weight is 267 g/mol. The van der Waals surface area contributed by atoms with Crippen molar-refractivity contribution in [2.24, 2.45) is 17.8 Å². The fourth-order valence-corrected chi connectivity index (χ4v) is 3.53. The molecule has 0 bridgehead atoms. The van der Waals surface area contributed by atoms with E-state index in [4.69, 9.17) is 0 Å². The summed E-state index contributed by atoms with van der Waals surface area (Å²) in [7, 11) is 0. The van der Waals surface area contributed by atoms with Crippen molar-refractivity contribution in [2.75, 3.05) is 13.1 Å². The fraction of sp³-hybridized carbons (Fsp3) is 0.474. The van der Waals surface area contributed by atoms with Gasteiger partial charge in [0.05, 0.1) is 0 Å². The van der Waals surface area contributed by atoms with Crippen LogP contribution in [0.15, 0.2) is 58.7 Å². The maximum absolute atomic E-state index is 3.51. The molecule has 1 heterocycles. The van der Waals surface area contributed by atoms with Gasteiger partial charge in [-0.25, -0.2) is 0 Å². The van der Waals surface area contributed by atoms with Gasteiger partial charge in [0.25, 0.3) is 0 Å². The highest BCUT2D eigenvalue weighted by atomic mass is 14.8. The summed E-state index contributed by atoms with van der Waals surface area (Å²) in [6.45, 7) is 8.66. The van der Waals surface area contributed by atoms with Crippen LogP contribution in [0.4, 0.5) is 0 Å². The first-order valence-corrected chi connectivity index (χ1v) is 7.83. The predicted octanol–water partition coefficient (Wildman–Crippen LogP) is 4.18. The second kappa shape index (κ2) is 5.57. The van der Waals surface area contributed by atoms with E-state index in [-0.39, 0.29) is 0 Å². The Balaban J connectivity index is 1.92. The summed E-state index contributed by atoms with van der Waals surface area (Å²) in [5.74, 6) is 2.18. The highest BCUT2D eigenvalue weighted by Gasteiger charge is 2.44. The second-order valence-corrected chi connectivity index (χ2v) is 6.29. The van der Waals surface area contributed by atoms with Gasteiger partial charge < -0.3 is 5.32 Å². The van der Waals surface area contributed by atoms with Gasteiger partial charge >= 0.3 is 0 Å². The number of allylic oxidation sites excluding steroid dienone is 7. The summed E-state index contributed by atoms with van der Waals surface area (Å²) < 4.78 is 0. The molecule has 3 unspecified atom stereocenters. The number of hydrogen-bond acceptors (Lipinski definition) is 1. The average Bonchev–Trinajstić information content (AvgIpc) is 3.21. The Bertz CT molecular complexity index is 542. The minimum atomic E-state index is 0.564. The third kappa shape index (κ3) is 2.60. The molecule has 0 saturated heterocycles. The Kier molecular flexibility index (Phi) is 3.80. The first kappa shape index (κ1) is 13.6. The van der Waals surface area contributed by atoms with Gasteiger partial charge in [0.15, 0.2) is 0 Å². The highest BCUT2D eigenvalue weighted by molar-refractivity contribution is 5.49. The maximum atomic E-state index is 3.51. The summed E-state index contributed by atoms with van der Waals surface area (Å²) in [6, 6.07) is 0. The summed E-state index contributed by atoms with van der Waals surface area (Å²) in [6.07, 6.45) is 15.2. The normalized spacial score (nSPS) is 35.2. The van der Waals surface area contributed by atoms with Crippen molar-refractivity contribution in [2.45, 2.75) is 27.2 Å². The fourth-order valence-electron chi connectivity index (χ4n) is 3.53. The van der Waals surface area contributed by atoms with E-state index in [0.717, 1.165) is 24.9 Å². The summed E-state index contributed by atoms with van der Waals surface area (Å²) >= 11 is 0. The lowest BCUT2D eigenvalue weighted by molar-refractivity contribution is 0.672. The number of rotatable bonds is 2. The molecule has 0 amide bonds. The van der Waals surface area contributed by atoms with E-state index in [1.807, 2.05) is 0 Å². The van der Waals surface area contributed by atoms with E-state index in [1.165, 1.54) is 17.6 Å². The molecule has 0 aromatic rings. The third-order valence-electron chi connectivity index (χ3n) is 4.77. The minimum absolute atomic E-state index is 0.564. The van der Waals surface area contributed by atoms with Crippen LogP contribution in [0.5, 0.6) is 0 Å². The molecular formula is C19H25N. The Hall–Kier alpha value is -1.34. The van der Waals surface area contributed by atoms with Crippen LogP contribution in [-0.2, 0) is 0 Å². The monoisotopic (exact) mass is 267 g/mol. The molecule has 3 atom stereocenters. The molecule has 1 heteroatoms. The molecule has 1 N–H and O–H groups in total. The van der Waals surface area contributed by atoms with E-state index in [2.05, 4.69) is 62.5 Å². The second-order valence-electron chi connectivity index (χ2n) is 6.29. The van der Waals surface area contributed by atoms with Gasteiger partial charge in [0, 0.05) is 19.0 Å². The third-order valence-corrected chi connectivity index (χ3v) is 4.77.